The maximum atomic E-state index is 13.5. The number of rotatable bonds is 4. The van der Waals surface area contributed by atoms with Gasteiger partial charge in [0.1, 0.15) is 16.2 Å². The van der Waals surface area contributed by atoms with Gasteiger partial charge in [-0.15, -0.1) is 16.4 Å². The minimum Gasteiger partial charge on any atom is -0.344 e. The first-order chi connectivity index (χ1) is 16.7. The van der Waals surface area contributed by atoms with Crippen molar-refractivity contribution in [2.24, 2.45) is 0 Å². The summed E-state index contributed by atoms with van der Waals surface area (Å²) < 4.78 is 15.1. The van der Waals surface area contributed by atoms with Gasteiger partial charge in [-0.25, -0.2) is 24.0 Å². The highest BCUT2D eigenvalue weighted by molar-refractivity contribution is 7.21. The molecule has 0 aliphatic carbocycles. The molecule has 0 spiro atoms. The number of hydrogen-bond acceptors (Lipinski definition) is 8. The van der Waals surface area contributed by atoms with Crippen LogP contribution in [0.2, 0.25) is 0 Å². The summed E-state index contributed by atoms with van der Waals surface area (Å²) in [6.45, 7) is 2.42. The van der Waals surface area contributed by atoms with Crippen molar-refractivity contribution in [3.05, 3.63) is 71.7 Å². The van der Waals surface area contributed by atoms with Gasteiger partial charge in [-0.3, -0.25) is 4.79 Å². The first-order valence-corrected chi connectivity index (χ1v) is 12.4. The lowest BCUT2D eigenvalue weighted by atomic mass is 10.3. The number of halogens is 1. The monoisotopic (exact) mass is 491 g/mol. The van der Waals surface area contributed by atoms with Crippen molar-refractivity contribution < 1.29 is 9.18 Å². The molecule has 1 aliphatic heterocycles. The fourth-order valence-corrected chi connectivity index (χ4v) is 5.53. The van der Waals surface area contributed by atoms with Crippen LogP contribution in [0.4, 0.5) is 9.52 Å². The van der Waals surface area contributed by atoms with Crippen molar-refractivity contribution in [1.82, 2.24) is 29.6 Å². The van der Waals surface area contributed by atoms with Gasteiger partial charge in [-0.2, -0.15) is 0 Å². The third kappa shape index (κ3) is 3.82. The second-order valence-corrected chi connectivity index (χ2v) is 9.63. The van der Waals surface area contributed by atoms with E-state index in [1.54, 1.807) is 39.2 Å². The Morgan fingerprint density at radius 3 is 2.53 bits per heavy atom. The van der Waals surface area contributed by atoms with Gasteiger partial charge in [0, 0.05) is 32.4 Å². The quantitative estimate of drug-likeness (QED) is 0.377. The summed E-state index contributed by atoms with van der Waals surface area (Å²) in [5, 5.41) is 7.37. The van der Waals surface area contributed by atoms with Gasteiger partial charge in [0.05, 0.1) is 10.6 Å². The van der Waals surface area contributed by atoms with E-state index in [1.165, 1.54) is 23.5 Å². The van der Waals surface area contributed by atoms with Crippen molar-refractivity contribution in [3.8, 4) is 16.4 Å². The molecule has 1 fully saturated rings. The van der Waals surface area contributed by atoms with Crippen LogP contribution in [0.25, 0.3) is 26.7 Å². The van der Waals surface area contributed by atoms with Crippen LogP contribution in [0.1, 0.15) is 10.6 Å². The molecule has 0 radical (unpaired) electrons. The zero-order chi connectivity index (χ0) is 23.1. The normalized spacial score (nSPS) is 14.1. The summed E-state index contributed by atoms with van der Waals surface area (Å²) in [6.07, 6.45) is 1.77. The highest BCUT2D eigenvalue weighted by atomic mass is 32.1. The Morgan fingerprint density at radius 1 is 0.971 bits per heavy atom. The summed E-state index contributed by atoms with van der Waals surface area (Å²) in [5.41, 5.74) is 1.53. The van der Waals surface area contributed by atoms with Crippen LogP contribution in [0.3, 0.4) is 0 Å². The number of hydrogen-bond donors (Lipinski definition) is 0. The average Bonchev–Trinajstić information content (AvgIpc) is 3.63. The van der Waals surface area contributed by atoms with E-state index in [2.05, 4.69) is 25.0 Å². The highest BCUT2D eigenvalue weighted by Gasteiger charge is 2.28. The zero-order valence-corrected chi connectivity index (χ0v) is 19.5. The number of benzene rings is 1. The zero-order valence-electron chi connectivity index (χ0n) is 17.8. The number of aromatic nitrogens is 5. The topological polar surface area (TPSA) is 80.0 Å². The molecule has 170 valence electrons. The number of piperazine rings is 1. The summed E-state index contributed by atoms with van der Waals surface area (Å²) in [6, 6.07) is 13.7. The molecule has 1 aliphatic rings. The molecule has 1 aromatic carbocycles. The minimum absolute atomic E-state index is 0.130. The first-order valence-electron chi connectivity index (χ1n) is 10.7. The largest absolute Gasteiger partial charge is 0.344 e. The number of thiophene rings is 1. The Bertz CT molecular complexity index is 1420. The van der Waals surface area contributed by atoms with Gasteiger partial charge < -0.3 is 9.80 Å². The lowest BCUT2D eigenvalue weighted by molar-refractivity contribution is 0.0734. The van der Waals surface area contributed by atoms with E-state index in [9.17, 15) is 9.18 Å². The molecule has 0 saturated carbocycles. The number of carbonyl (C=O) groups is 1. The van der Waals surface area contributed by atoms with Crippen LogP contribution in [0, 0.1) is 5.82 Å². The van der Waals surface area contributed by atoms with Crippen molar-refractivity contribution in [2.45, 2.75) is 0 Å². The number of anilines is 1. The second-order valence-electron chi connectivity index (χ2n) is 7.73. The van der Waals surface area contributed by atoms with E-state index in [4.69, 9.17) is 0 Å². The molecule has 0 bridgehead atoms. The van der Waals surface area contributed by atoms with Crippen LogP contribution in [0.5, 0.6) is 0 Å². The molecule has 34 heavy (non-hydrogen) atoms. The Morgan fingerprint density at radius 2 is 1.79 bits per heavy atom. The number of thiazole rings is 1. The van der Waals surface area contributed by atoms with E-state index < -0.39 is 0 Å². The van der Waals surface area contributed by atoms with Crippen LogP contribution in [-0.4, -0.2) is 61.7 Å². The molecular formula is C23H18FN7OS2. The molecule has 8 nitrogen and oxygen atoms in total. The lowest BCUT2D eigenvalue weighted by Gasteiger charge is -2.33. The van der Waals surface area contributed by atoms with E-state index in [0.717, 1.165) is 20.4 Å². The average molecular weight is 492 g/mol. The van der Waals surface area contributed by atoms with Gasteiger partial charge in [-0.1, -0.05) is 17.4 Å². The fourth-order valence-electron chi connectivity index (χ4n) is 3.87. The van der Waals surface area contributed by atoms with Crippen LogP contribution < -0.4 is 4.90 Å². The highest BCUT2D eigenvalue weighted by Crippen LogP contribution is 2.29. The maximum absolute atomic E-state index is 13.5. The molecule has 0 atom stereocenters. The Hall–Kier alpha value is -3.70. The van der Waals surface area contributed by atoms with Crippen LogP contribution in [0.15, 0.2) is 60.1 Å². The maximum Gasteiger partial charge on any atom is 0.293 e. The summed E-state index contributed by atoms with van der Waals surface area (Å²) in [4.78, 5) is 32.6. The van der Waals surface area contributed by atoms with Crippen molar-refractivity contribution in [3.63, 3.8) is 0 Å². The SMILES string of the molecule is O=C(c1nc(-c2cccs2)n(-c2ccc(F)cc2)n1)N1CCN(c2nc3cccnc3s2)CC1. The lowest BCUT2D eigenvalue weighted by Crippen LogP contribution is -2.49. The molecule has 5 aromatic rings. The Balaban J connectivity index is 1.23. The molecule has 11 heteroatoms. The molecule has 1 saturated heterocycles. The van der Waals surface area contributed by atoms with Crippen molar-refractivity contribution >= 4 is 44.1 Å². The van der Waals surface area contributed by atoms with Gasteiger partial charge in [0.25, 0.3) is 5.91 Å². The van der Waals surface area contributed by atoms with Gasteiger partial charge >= 0.3 is 0 Å². The number of pyridine rings is 1. The number of amides is 1. The third-order valence-corrected chi connectivity index (χ3v) is 7.51. The van der Waals surface area contributed by atoms with Crippen LogP contribution in [-0.2, 0) is 0 Å². The predicted octanol–water partition coefficient (Wildman–Crippen LogP) is 4.10. The van der Waals surface area contributed by atoms with E-state index >= 15 is 0 Å². The second kappa shape index (κ2) is 8.58. The van der Waals surface area contributed by atoms with E-state index in [0.29, 0.717) is 37.7 Å². The first kappa shape index (κ1) is 20.9. The molecule has 1 amide bonds. The smallest absolute Gasteiger partial charge is 0.293 e. The van der Waals surface area contributed by atoms with Crippen LogP contribution >= 0.6 is 22.7 Å². The number of nitrogens with zero attached hydrogens (tertiary/aromatic N) is 7. The summed E-state index contributed by atoms with van der Waals surface area (Å²) >= 11 is 3.07. The molecule has 0 unspecified atom stereocenters. The molecule has 4 aromatic heterocycles. The Labute approximate surface area is 201 Å². The number of fused-ring (bicyclic) bond motifs is 1. The summed E-state index contributed by atoms with van der Waals surface area (Å²) in [7, 11) is 0. The van der Waals surface area contributed by atoms with E-state index in [-0.39, 0.29) is 17.5 Å². The standard InChI is InChI=1S/C23H18FN7OS2/c24-15-5-7-16(8-6-15)31-20(18-4-2-14-33-18)27-19(28-31)22(32)29-10-12-30(13-11-29)23-26-17-3-1-9-25-21(17)34-23/h1-9,14H,10-13H2. The predicted molar refractivity (Wildman–Crippen MR) is 130 cm³/mol. The van der Waals surface area contributed by atoms with Crippen molar-refractivity contribution in [2.75, 3.05) is 31.1 Å². The van der Waals surface area contributed by atoms with Gasteiger partial charge in [0.15, 0.2) is 11.0 Å². The Kier molecular flexibility index (Phi) is 5.27. The third-order valence-electron chi connectivity index (χ3n) is 5.60. The molecule has 0 N–H and O–H groups in total. The summed E-state index contributed by atoms with van der Waals surface area (Å²) in [5.74, 6) is 0.139. The minimum atomic E-state index is -0.334. The number of carbonyl (C=O) groups excluding carboxylic acids is 1. The van der Waals surface area contributed by atoms with E-state index in [1.807, 2.05) is 29.6 Å². The van der Waals surface area contributed by atoms with Crippen molar-refractivity contribution in [1.29, 1.82) is 0 Å². The molecule has 5 heterocycles. The molecule has 6 rings (SSSR count). The fraction of sp³-hybridized carbons (Fsp3) is 0.174. The van der Waals surface area contributed by atoms with Gasteiger partial charge in [-0.05, 0) is 47.8 Å². The van der Waals surface area contributed by atoms with Gasteiger partial charge in [0.2, 0.25) is 5.82 Å². The molecular weight excluding hydrogens is 473 g/mol.